The quantitative estimate of drug-likeness (QED) is 0.928. The van der Waals surface area contributed by atoms with Crippen LogP contribution in [0.15, 0.2) is 22.7 Å². The highest BCUT2D eigenvalue weighted by molar-refractivity contribution is 9.10. The number of aryl methyl sites for hydroxylation is 1. The monoisotopic (exact) mass is 312 g/mol. The third-order valence-electron chi connectivity index (χ3n) is 3.76. The molecule has 2 N–H and O–H groups in total. The third kappa shape index (κ3) is 2.94. The Morgan fingerprint density at radius 3 is 2.89 bits per heavy atom. The largest absolute Gasteiger partial charge is 0.380 e. The molecule has 0 aromatic heterocycles. The van der Waals surface area contributed by atoms with E-state index in [9.17, 15) is 0 Å². The van der Waals surface area contributed by atoms with Gasteiger partial charge in [-0.25, -0.2) is 0 Å². The van der Waals surface area contributed by atoms with Crippen molar-refractivity contribution in [2.45, 2.75) is 25.4 Å². The summed E-state index contributed by atoms with van der Waals surface area (Å²) in [6, 6.07) is 7.23. The predicted molar refractivity (Wildman–Crippen MR) is 77.7 cm³/mol. The molecule has 1 aromatic carbocycles. The van der Waals surface area contributed by atoms with E-state index in [-0.39, 0.29) is 6.04 Å². The van der Waals surface area contributed by atoms with Gasteiger partial charge in [0.05, 0.1) is 6.61 Å². The van der Waals surface area contributed by atoms with E-state index in [1.54, 1.807) is 0 Å². The van der Waals surface area contributed by atoms with Crippen molar-refractivity contribution in [3.8, 4) is 0 Å². The van der Waals surface area contributed by atoms with Gasteiger partial charge in [0.25, 0.3) is 0 Å². The molecule has 100 valence electrons. The topological polar surface area (TPSA) is 38.5 Å². The number of rotatable bonds is 4. The number of benzene rings is 1. The Balaban J connectivity index is 2.18. The van der Waals surface area contributed by atoms with Crippen LogP contribution in [0, 0.1) is 6.92 Å². The fourth-order valence-corrected chi connectivity index (χ4v) is 2.76. The Bertz CT molecular complexity index is 405. The van der Waals surface area contributed by atoms with Crippen molar-refractivity contribution >= 4 is 15.9 Å². The first-order valence-corrected chi connectivity index (χ1v) is 7.18. The van der Waals surface area contributed by atoms with Crippen molar-refractivity contribution in [3.63, 3.8) is 0 Å². The van der Waals surface area contributed by atoms with Crippen LogP contribution in [0.3, 0.4) is 0 Å². The van der Waals surface area contributed by atoms with Gasteiger partial charge in [-0.3, -0.25) is 4.90 Å². The van der Waals surface area contributed by atoms with E-state index in [2.05, 4.69) is 53.0 Å². The molecule has 1 saturated heterocycles. The van der Waals surface area contributed by atoms with Gasteiger partial charge >= 0.3 is 0 Å². The molecular formula is C14H21BrN2O. The van der Waals surface area contributed by atoms with E-state index in [4.69, 9.17) is 10.5 Å². The number of ether oxygens (including phenoxy) is 1. The second-order valence-corrected chi connectivity index (χ2v) is 5.80. The molecule has 0 radical (unpaired) electrons. The van der Waals surface area contributed by atoms with Gasteiger partial charge in [0.2, 0.25) is 0 Å². The normalized spacial score (nSPS) is 21.5. The number of hydrogen-bond acceptors (Lipinski definition) is 3. The van der Waals surface area contributed by atoms with E-state index < -0.39 is 0 Å². The van der Waals surface area contributed by atoms with Crippen LogP contribution < -0.4 is 5.73 Å². The fraction of sp³-hybridized carbons (Fsp3) is 0.571. The van der Waals surface area contributed by atoms with Gasteiger partial charge in [0.1, 0.15) is 0 Å². The Hall–Kier alpha value is -0.420. The molecule has 4 heteroatoms. The molecule has 1 aliphatic rings. The van der Waals surface area contributed by atoms with Crippen LogP contribution in [0.25, 0.3) is 0 Å². The van der Waals surface area contributed by atoms with Crippen molar-refractivity contribution in [2.24, 2.45) is 5.73 Å². The second-order valence-electron chi connectivity index (χ2n) is 4.94. The summed E-state index contributed by atoms with van der Waals surface area (Å²) in [6.45, 7) is 4.43. The number of nitrogens with zero attached hydrogens (tertiary/aromatic N) is 1. The maximum absolute atomic E-state index is 5.97. The maximum Gasteiger partial charge on any atom is 0.0622 e. The lowest BCUT2D eigenvalue weighted by molar-refractivity contribution is 0.134. The summed E-state index contributed by atoms with van der Waals surface area (Å²) < 4.78 is 6.61. The average Bonchev–Trinajstić information content (AvgIpc) is 2.88. The first kappa shape index (κ1) is 14.0. The molecule has 0 saturated carbocycles. The summed E-state index contributed by atoms with van der Waals surface area (Å²) in [4.78, 5) is 2.36. The molecule has 1 fully saturated rings. The summed E-state index contributed by atoms with van der Waals surface area (Å²) in [5.41, 5.74) is 8.50. The molecule has 0 spiro atoms. The zero-order valence-electron chi connectivity index (χ0n) is 11.0. The lowest BCUT2D eigenvalue weighted by Gasteiger charge is -2.32. The molecule has 2 atom stereocenters. The molecule has 3 nitrogen and oxygen atoms in total. The van der Waals surface area contributed by atoms with Crippen LogP contribution in [-0.2, 0) is 4.74 Å². The molecule has 1 aliphatic heterocycles. The number of likely N-dealkylation sites (N-methyl/N-ethyl adjacent to an activating group) is 1. The number of nitrogens with two attached hydrogens (primary N) is 1. The van der Waals surface area contributed by atoms with Crippen molar-refractivity contribution in [3.05, 3.63) is 33.8 Å². The van der Waals surface area contributed by atoms with E-state index in [1.807, 2.05) is 0 Å². The number of hydrogen-bond donors (Lipinski definition) is 1. The Morgan fingerprint density at radius 1 is 1.56 bits per heavy atom. The standard InChI is InChI=1S/C14H21BrN2O/c1-10-7-11(3-4-13(10)15)14(8-16)17(2)12-5-6-18-9-12/h3-4,7,12,14H,5-6,8-9,16H2,1-2H3. The lowest BCUT2D eigenvalue weighted by atomic mass is 10.0. The molecule has 1 heterocycles. The van der Waals surface area contributed by atoms with Gasteiger partial charge in [0.15, 0.2) is 0 Å². The zero-order chi connectivity index (χ0) is 13.1. The first-order valence-electron chi connectivity index (χ1n) is 6.39. The highest BCUT2D eigenvalue weighted by Crippen LogP contribution is 2.27. The zero-order valence-corrected chi connectivity index (χ0v) is 12.6. The van der Waals surface area contributed by atoms with Crippen LogP contribution in [0.5, 0.6) is 0 Å². The predicted octanol–water partition coefficient (Wildman–Crippen LogP) is 2.48. The minimum Gasteiger partial charge on any atom is -0.380 e. The van der Waals surface area contributed by atoms with Crippen LogP contribution in [0.1, 0.15) is 23.6 Å². The van der Waals surface area contributed by atoms with Crippen LogP contribution in [0.2, 0.25) is 0 Å². The lowest BCUT2D eigenvalue weighted by Crippen LogP contribution is -2.39. The molecular weight excluding hydrogens is 292 g/mol. The third-order valence-corrected chi connectivity index (χ3v) is 4.65. The molecule has 18 heavy (non-hydrogen) atoms. The fourth-order valence-electron chi connectivity index (χ4n) is 2.51. The Labute approximate surface area is 117 Å². The highest BCUT2D eigenvalue weighted by Gasteiger charge is 2.26. The van der Waals surface area contributed by atoms with Crippen molar-refractivity contribution in [1.82, 2.24) is 4.90 Å². The summed E-state index contributed by atoms with van der Waals surface area (Å²) >= 11 is 3.54. The second kappa shape index (κ2) is 6.15. The summed E-state index contributed by atoms with van der Waals surface area (Å²) in [6.07, 6.45) is 1.10. The van der Waals surface area contributed by atoms with E-state index in [0.717, 1.165) is 24.1 Å². The molecule has 2 rings (SSSR count). The first-order chi connectivity index (χ1) is 8.63. The minimum atomic E-state index is 0.267. The smallest absolute Gasteiger partial charge is 0.0622 e. The van der Waals surface area contributed by atoms with Crippen molar-refractivity contribution in [1.29, 1.82) is 0 Å². The van der Waals surface area contributed by atoms with Gasteiger partial charge in [-0.15, -0.1) is 0 Å². The van der Waals surface area contributed by atoms with E-state index in [1.165, 1.54) is 11.1 Å². The van der Waals surface area contributed by atoms with Crippen LogP contribution >= 0.6 is 15.9 Å². The molecule has 2 unspecified atom stereocenters. The highest BCUT2D eigenvalue weighted by atomic mass is 79.9. The summed E-state index contributed by atoms with van der Waals surface area (Å²) in [7, 11) is 2.15. The number of halogens is 1. The summed E-state index contributed by atoms with van der Waals surface area (Å²) in [5.74, 6) is 0. The Kier molecular flexibility index (Phi) is 4.78. The van der Waals surface area contributed by atoms with E-state index in [0.29, 0.717) is 12.6 Å². The van der Waals surface area contributed by atoms with E-state index >= 15 is 0 Å². The Morgan fingerprint density at radius 2 is 2.33 bits per heavy atom. The molecule has 1 aromatic rings. The molecule has 0 aliphatic carbocycles. The van der Waals surface area contributed by atoms with Crippen molar-refractivity contribution in [2.75, 3.05) is 26.8 Å². The van der Waals surface area contributed by atoms with Crippen LogP contribution in [0.4, 0.5) is 0 Å². The van der Waals surface area contributed by atoms with Gasteiger partial charge in [-0.2, -0.15) is 0 Å². The van der Waals surface area contributed by atoms with Gasteiger partial charge < -0.3 is 10.5 Å². The van der Waals surface area contributed by atoms with Gasteiger partial charge in [-0.05, 0) is 37.6 Å². The average molecular weight is 313 g/mol. The molecule has 0 bridgehead atoms. The minimum absolute atomic E-state index is 0.267. The van der Waals surface area contributed by atoms with Gasteiger partial charge in [-0.1, -0.05) is 28.1 Å². The van der Waals surface area contributed by atoms with Gasteiger partial charge in [0, 0.05) is 29.7 Å². The summed E-state index contributed by atoms with van der Waals surface area (Å²) in [5, 5.41) is 0. The SMILES string of the molecule is Cc1cc(C(CN)N(C)C2CCOC2)ccc1Br. The maximum atomic E-state index is 5.97. The van der Waals surface area contributed by atoms with Crippen LogP contribution in [-0.4, -0.2) is 37.7 Å². The van der Waals surface area contributed by atoms with Crippen molar-refractivity contribution < 1.29 is 4.74 Å². The molecule has 0 amide bonds.